The second-order valence-corrected chi connectivity index (χ2v) is 5.43. The number of aromatic nitrogens is 1. The number of anilines is 1. The molecule has 108 valence electrons. The number of amides is 1. The number of nitro groups is 1. The zero-order valence-electron chi connectivity index (χ0n) is 11.2. The van der Waals surface area contributed by atoms with Crippen LogP contribution in [0.5, 0.6) is 0 Å². The molecule has 1 aromatic rings. The molecule has 0 spiro atoms. The Morgan fingerprint density at radius 1 is 1.60 bits per heavy atom. The van der Waals surface area contributed by atoms with Crippen LogP contribution in [0.4, 0.5) is 11.5 Å². The molecule has 8 heteroatoms. The maximum absolute atomic E-state index is 11.9. The van der Waals surface area contributed by atoms with Crippen LogP contribution in [0.15, 0.2) is 12.1 Å². The lowest BCUT2D eigenvalue weighted by molar-refractivity contribution is -0.384. The number of rotatable bonds is 3. The van der Waals surface area contributed by atoms with Crippen molar-refractivity contribution in [3.63, 3.8) is 0 Å². The molecule has 2 rings (SSSR count). The Bertz CT molecular complexity index is 566. The van der Waals surface area contributed by atoms with Gasteiger partial charge in [-0.1, -0.05) is 11.6 Å². The topological polar surface area (TPSA) is 88.4 Å². The highest BCUT2D eigenvalue weighted by Gasteiger charge is 2.41. The van der Waals surface area contributed by atoms with Crippen molar-refractivity contribution in [1.29, 1.82) is 0 Å². The van der Waals surface area contributed by atoms with E-state index in [1.165, 1.54) is 12.1 Å². The summed E-state index contributed by atoms with van der Waals surface area (Å²) in [6.07, 6.45) is 0.609. The largest absolute Gasteiger partial charge is 0.359 e. The first-order chi connectivity index (χ1) is 9.37. The number of nitrogens with one attached hydrogen (secondary N) is 1. The van der Waals surface area contributed by atoms with Gasteiger partial charge < -0.3 is 10.2 Å². The third-order valence-corrected chi connectivity index (χ3v) is 3.78. The van der Waals surface area contributed by atoms with Crippen LogP contribution in [-0.2, 0) is 4.79 Å². The third-order valence-electron chi connectivity index (χ3n) is 3.57. The van der Waals surface area contributed by atoms with Crippen LogP contribution in [0.25, 0.3) is 0 Å². The number of nitrogens with zero attached hydrogens (tertiary/aromatic N) is 3. The van der Waals surface area contributed by atoms with E-state index in [1.807, 2.05) is 6.92 Å². The molecule has 1 aromatic heterocycles. The van der Waals surface area contributed by atoms with Gasteiger partial charge in [-0.2, -0.15) is 0 Å². The van der Waals surface area contributed by atoms with E-state index in [-0.39, 0.29) is 22.6 Å². The summed E-state index contributed by atoms with van der Waals surface area (Å²) in [5.41, 5.74) is -0.678. The molecule has 1 N–H and O–H groups in total. The second kappa shape index (κ2) is 5.24. The van der Waals surface area contributed by atoms with Gasteiger partial charge in [-0.3, -0.25) is 14.9 Å². The van der Waals surface area contributed by atoms with E-state index in [9.17, 15) is 14.9 Å². The Kier molecular flexibility index (Phi) is 3.80. The van der Waals surface area contributed by atoms with Crippen LogP contribution in [0.1, 0.15) is 13.3 Å². The fourth-order valence-corrected chi connectivity index (χ4v) is 2.57. The highest BCUT2D eigenvalue weighted by Crippen LogP contribution is 2.36. The van der Waals surface area contributed by atoms with Crippen LogP contribution in [0.2, 0.25) is 5.15 Å². The smallest absolute Gasteiger partial charge is 0.311 e. The first-order valence-corrected chi connectivity index (χ1v) is 6.53. The van der Waals surface area contributed by atoms with Gasteiger partial charge in [0, 0.05) is 26.2 Å². The summed E-state index contributed by atoms with van der Waals surface area (Å²) in [6, 6.07) is 2.72. The summed E-state index contributed by atoms with van der Waals surface area (Å²) in [6.45, 7) is 2.74. The number of carbonyl (C=O) groups excluding carboxylic acids is 1. The van der Waals surface area contributed by atoms with Gasteiger partial charge in [0.25, 0.3) is 0 Å². The maximum atomic E-state index is 11.9. The molecule has 20 heavy (non-hydrogen) atoms. The number of hydrogen-bond acceptors (Lipinski definition) is 5. The molecular formula is C12H15ClN4O3. The molecule has 0 bridgehead atoms. The molecule has 1 aliphatic heterocycles. The molecule has 2 heterocycles. The first kappa shape index (κ1) is 14.5. The standard InChI is InChI=1S/C12H15ClN4O3/c1-12(11(18)14-2)5-6-16(7-12)10-8(17(19)20)3-4-9(13)15-10/h3-4H,5-7H2,1-2H3,(H,14,18). The van der Waals surface area contributed by atoms with Crippen molar-refractivity contribution in [1.82, 2.24) is 10.3 Å². The fraction of sp³-hybridized carbons (Fsp3) is 0.500. The second-order valence-electron chi connectivity index (χ2n) is 5.05. The van der Waals surface area contributed by atoms with Gasteiger partial charge in [-0.05, 0) is 19.4 Å². The van der Waals surface area contributed by atoms with Crippen molar-refractivity contribution in [2.45, 2.75) is 13.3 Å². The van der Waals surface area contributed by atoms with E-state index in [2.05, 4.69) is 10.3 Å². The van der Waals surface area contributed by atoms with Crippen molar-refractivity contribution in [2.24, 2.45) is 5.41 Å². The molecule has 0 aromatic carbocycles. The molecule has 1 atom stereocenters. The van der Waals surface area contributed by atoms with Gasteiger partial charge in [0.05, 0.1) is 10.3 Å². The van der Waals surface area contributed by atoms with Gasteiger partial charge >= 0.3 is 5.69 Å². The number of halogens is 1. The quantitative estimate of drug-likeness (QED) is 0.520. The van der Waals surface area contributed by atoms with Crippen molar-refractivity contribution >= 4 is 29.0 Å². The van der Waals surface area contributed by atoms with Crippen molar-refractivity contribution in [3.8, 4) is 0 Å². The van der Waals surface area contributed by atoms with Crippen LogP contribution in [-0.4, -0.2) is 36.0 Å². The summed E-state index contributed by atoms with van der Waals surface area (Å²) in [5, 5.41) is 13.9. The van der Waals surface area contributed by atoms with Gasteiger partial charge in [-0.25, -0.2) is 4.98 Å². The minimum Gasteiger partial charge on any atom is -0.359 e. The highest BCUT2D eigenvalue weighted by atomic mass is 35.5. The van der Waals surface area contributed by atoms with E-state index >= 15 is 0 Å². The van der Waals surface area contributed by atoms with Crippen LogP contribution >= 0.6 is 11.6 Å². The number of pyridine rings is 1. The summed E-state index contributed by atoms with van der Waals surface area (Å²) < 4.78 is 0. The average Bonchev–Trinajstić information content (AvgIpc) is 2.81. The van der Waals surface area contributed by atoms with Crippen LogP contribution in [0.3, 0.4) is 0 Å². The molecule has 1 fully saturated rings. The van der Waals surface area contributed by atoms with E-state index in [0.717, 1.165) is 0 Å². The third kappa shape index (κ3) is 2.53. The molecule has 7 nitrogen and oxygen atoms in total. The van der Waals surface area contributed by atoms with Crippen molar-refractivity contribution < 1.29 is 9.72 Å². The summed E-state index contributed by atoms with van der Waals surface area (Å²) in [4.78, 5) is 28.2. The van der Waals surface area contributed by atoms with Gasteiger partial charge in [0.15, 0.2) is 0 Å². The Labute approximate surface area is 121 Å². The predicted molar refractivity (Wildman–Crippen MR) is 74.9 cm³/mol. The Balaban J connectivity index is 2.33. The Hall–Kier alpha value is -1.89. The summed E-state index contributed by atoms with van der Waals surface area (Å²) >= 11 is 5.82. The van der Waals surface area contributed by atoms with Crippen molar-refractivity contribution in [2.75, 3.05) is 25.0 Å². The molecule has 1 amide bonds. The van der Waals surface area contributed by atoms with Gasteiger partial charge in [0.2, 0.25) is 11.7 Å². The lowest BCUT2D eigenvalue weighted by atomic mass is 9.89. The normalized spacial score (nSPS) is 21.9. The monoisotopic (exact) mass is 298 g/mol. The predicted octanol–water partition coefficient (Wildman–Crippen LogP) is 1.61. The number of hydrogen-bond donors (Lipinski definition) is 1. The first-order valence-electron chi connectivity index (χ1n) is 6.15. The molecule has 0 saturated carbocycles. The lowest BCUT2D eigenvalue weighted by Crippen LogP contribution is -2.39. The van der Waals surface area contributed by atoms with Crippen LogP contribution in [0, 0.1) is 15.5 Å². The molecule has 1 aliphatic rings. The van der Waals surface area contributed by atoms with Crippen molar-refractivity contribution in [3.05, 3.63) is 27.4 Å². The van der Waals surface area contributed by atoms with E-state index in [4.69, 9.17) is 11.6 Å². The molecule has 0 aliphatic carbocycles. The lowest BCUT2D eigenvalue weighted by Gasteiger charge is -2.23. The van der Waals surface area contributed by atoms with E-state index in [1.54, 1.807) is 11.9 Å². The average molecular weight is 299 g/mol. The van der Waals surface area contributed by atoms with E-state index < -0.39 is 10.3 Å². The van der Waals surface area contributed by atoms with Crippen LogP contribution < -0.4 is 10.2 Å². The molecular weight excluding hydrogens is 284 g/mol. The number of carbonyl (C=O) groups is 1. The molecule has 1 saturated heterocycles. The molecule has 1 unspecified atom stereocenters. The minimum absolute atomic E-state index is 0.0790. The van der Waals surface area contributed by atoms with E-state index in [0.29, 0.717) is 19.5 Å². The minimum atomic E-state index is -0.577. The maximum Gasteiger partial charge on any atom is 0.311 e. The molecule has 0 radical (unpaired) electrons. The highest BCUT2D eigenvalue weighted by molar-refractivity contribution is 6.29. The van der Waals surface area contributed by atoms with Gasteiger partial charge in [-0.15, -0.1) is 0 Å². The Morgan fingerprint density at radius 3 is 2.90 bits per heavy atom. The zero-order chi connectivity index (χ0) is 14.9. The summed E-state index contributed by atoms with van der Waals surface area (Å²) in [7, 11) is 1.58. The fourth-order valence-electron chi connectivity index (χ4n) is 2.42. The zero-order valence-corrected chi connectivity index (χ0v) is 12.0. The Morgan fingerprint density at radius 2 is 2.30 bits per heavy atom. The van der Waals surface area contributed by atoms with Gasteiger partial charge in [0.1, 0.15) is 5.15 Å². The SMILES string of the molecule is CNC(=O)C1(C)CCN(c2nc(Cl)ccc2[N+](=O)[O-])C1. The summed E-state index contributed by atoms with van der Waals surface area (Å²) in [5.74, 6) is 0.139.